The van der Waals surface area contributed by atoms with Gasteiger partial charge in [-0.2, -0.15) is 0 Å². The Bertz CT molecular complexity index is 424. The molecule has 0 N–H and O–H groups in total. The van der Waals surface area contributed by atoms with Crippen LogP contribution < -0.4 is 0 Å². The van der Waals surface area contributed by atoms with Crippen LogP contribution in [0.5, 0.6) is 0 Å². The highest BCUT2D eigenvalue weighted by atomic mass is 32.2. The van der Waals surface area contributed by atoms with Crippen molar-refractivity contribution in [2.45, 2.75) is 76.4 Å². The molecule has 1 amide bonds. The number of rotatable bonds is 3. The van der Waals surface area contributed by atoms with Crippen LogP contribution in [0.4, 0.5) is 8.78 Å². The van der Waals surface area contributed by atoms with Gasteiger partial charge in [0.1, 0.15) is 4.75 Å². The van der Waals surface area contributed by atoms with E-state index in [0.29, 0.717) is 18.8 Å². The van der Waals surface area contributed by atoms with Gasteiger partial charge in [-0.3, -0.25) is 4.79 Å². The Morgan fingerprint density at radius 1 is 1.29 bits per heavy atom. The Hall–Kier alpha value is -0.450. The Morgan fingerprint density at radius 2 is 1.86 bits per heavy atom. The largest absolute Gasteiger partial charge is 0.271 e. The monoisotopic (exact) mass is 317 g/mol. The molecule has 0 aromatic heterocycles. The van der Waals surface area contributed by atoms with E-state index in [1.807, 2.05) is 20.8 Å². The minimum Gasteiger partial charge on any atom is -0.271 e. The first kappa shape index (κ1) is 16.9. The summed E-state index contributed by atoms with van der Waals surface area (Å²) in [6.45, 7) is 6.04. The average molecular weight is 317 g/mol. The van der Waals surface area contributed by atoms with Crippen molar-refractivity contribution in [3.05, 3.63) is 0 Å². The highest BCUT2D eigenvalue weighted by Gasteiger charge is 2.43. The Labute approximate surface area is 130 Å². The summed E-state index contributed by atoms with van der Waals surface area (Å²) in [4.78, 5) is 16.3. The third-order valence-electron chi connectivity index (χ3n) is 4.86. The number of aliphatic imine (C=N–C) groups is 1. The maximum atomic E-state index is 13.3. The highest BCUT2D eigenvalue weighted by molar-refractivity contribution is 8.16. The van der Waals surface area contributed by atoms with Gasteiger partial charge < -0.3 is 0 Å². The maximum absolute atomic E-state index is 13.3. The molecule has 1 fully saturated rings. The normalized spacial score (nSPS) is 31.1. The summed E-state index contributed by atoms with van der Waals surface area (Å²) >= 11 is 1.59. The van der Waals surface area contributed by atoms with Gasteiger partial charge in [0.05, 0.1) is 5.04 Å². The van der Waals surface area contributed by atoms with Crippen LogP contribution in [0.25, 0.3) is 0 Å². The lowest BCUT2D eigenvalue weighted by Gasteiger charge is -2.26. The van der Waals surface area contributed by atoms with Crippen LogP contribution in [-0.2, 0) is 4.79 Å². The van der Waals surface area contributed by atoms with E-state index in [-0.39, 0.29) is 24.7 Å². The lowest BCUT2D eigenvalue weighted by molar-refractivity contribution is -0.120. The first-order valence-corrected chi connectivity index (χ1v) is 8.73. The lowest BCUT2D eigenvalue weighted by atomic mass is 9.88. The van der Waals surface area contributed by atoms with Crippen LogP contribution in [0.3, 0.4) is 0 Å². The van der Waals surface area contributed by atoms with Gasteiger partial charge in [0.25, 0.3) is 5.91 Å². The number of carbonyl (C=O) groups excluding carboxylic acids is 1. The second kappa shape index (κ2) is 6.35. The molecule has 0 aromatic rings. The van der Waals surface area contributed by atoms with Crippen molar-refractivity contribution in [1.82, 2.24) is 0 Å². The van der Waals surface area contributed by atoms with Crippen molar-refractivity contribution in [3.8, 4) is 0 Å². The number of hydrogen-bond donors (Lipinski definition) is 0. The molecule has 0 saturated heterocycles. The Balaban J connectivity index is 1.91. The fraction of sp³-hybridized carbons (Fsp3) is 0.875. The quantitative estimate of drug-likeness (QED) is 0.727. The highest BCUT2D eigenvalue weighted by Crippen LogP contribution is 2.43. The molecule has 2 rings (SSSR count). The van der Waals surface area contributed by atoms with Crippen LogP contribution in [0.2, 0.25) is 0 Å². The van der Waals surface area contributed by atoms with E-state index in [2.05, 4.69) is 4.99 Å². The predicted octanol–water partition coefficient (Wildman–Crippen LogP) is 5.07. The Kier molecular flexibility index (Phi) is 5.11. The molecular weight excluding hydrogens is 292 g/mol. The summed E-state index contributed by atoms with van der Waals surface area (Å²) < 4.78 is 26.3. The van der Waals surface area contributed by atoms with Crippen molar-refractivity contribution in [2.24, 2.45) is 16.8 Å². The molecule has 1 aliphatic carbocycles. The van der Waals surface area contributed by atoms with Gasteiger partial charge in [0, 0.05) is 12.8 Å². The van der Waals surface area contributed by atoms with Gasteiger partial charge in [-0.05, 0) is 50.9 Å². The van der Waals surface area contributed by atoms with Crippen LogP contribution in [0.15, 0.2) is 4.99 Å². The van der Waals surface area contributed by atoms with E-state index in [4.69, 9.17) is 0 Å². The molecule has 21 heavy (non-hydrogen) atoms. The van der Waals surface area contributed by atoms with Crippen LogP contribution in [0.1, 0.15) is 65.7 Å². The maximum Gasteiger partial charge on any atom is 0.263 e. The van der Waals surface area contributed by atoms with Crippen molar-refractivity contribution < 1.29 is 13.6 Å². The molecule has 0 bridgehead atoms. The van der Waals surface area contributed by atoms with E-state index in [1.54, 1.807) is 11.8 Å². The molecule has 0 radical (unpaired) electrons. The molecule has 1 atom stereocenters. The molecule has 1 saturated carbocycles. The fourth-order valence-corrected chi connectivity index (χ4v) is 4.31. The van der Waals surface area contributed by atoms with E-state index < -0.39 is 10.7 Å². The molecule has 0 aromatic carbocycles. The lowest BCUT2D eigenvalue weighted by Crippen LogP contribution is -2.33. The number of amides is 1. The Morgan fingerprint density at radius 3 is 2.33 bits per heavy atom. The summed E-state index contributed by atoms with van der Waals surface area (Å²) in [5.74, 6) is -1.87. The van der Waals surface area contributed by atoms with Crippen LogP contribution >= 0.6 is 11.8 Å². The van der Waals surface area contributed by atoms with Gasteiger partial charge in [-0.25, -0.2) is 13.8 Å². The molecule has 5 heteroatoms. The van der Waals surface area contributed by atoms with Gasteiger partial charge in [0.15, 0.2) is 0 Å². The zero-order valence-electron chi connectivity index (χ0n) is 13.1. The number of thioether (sulfide) groups is 1. The van der Waals surface area contributed by atoms with Crippen molar-refractivity contribution in [3.63, 3.8) is 0 Å². The zero-order valence-corrected chi connectivity index (χ0v) is 13.9. The van der Waals surface area contributed by atoms with E-state index in [1.165, 1.54) is 0 Å². The molecule has 1 aliphatic heterocycles. The SMILES string of the molecule is CC(C)C1(C)SC(CC2CCCC(F)(F)CCC2)=NC1=O. The van der Waals surface area contributed by atoms with Crippen molar-refractivity contribution in [2.75, 3.05) is 0 Å². The first-order valence-electron chi connectivity index (χ1n) is 7.92. The number of nitrogens with zero attached hydrogens (tertiary/aromatic N) is 1. The average Bonchev–Trinajstić information content (AvgIpc) is 2.63. The molecule has 1 heterocycles. The molecule has 0 spiro atoms. The van der Waals surface area contributed by atoms with E-state index >= 15 is 0 Å². The van der Waals surface area contributed by atoms with Gasteiger partial charge in [-0.1, -0.05) is 25.6 Å². The third kappa shape index (κ3) is 4.05. The van der Waals surface area contributed by atoms with Crippen molar-refractivity contribution in [1.29, 1.82) is 0 Å². The van der Waals surface area contributed by atoms with Gasteiger partial charge in [0.2, 0.25) is 5.92 Å². The second-order valence-electron chi connectivity index (χ2n) is 6.89. The fourth-order valence-electron chi connectivity index (χ4n) is 3.01. The summed E-state index contributed by atoms with van der Waals surface area (Å²) in [5, 5.41) is 0.911. The zero-order chi connectivity index (χ0) is 15.7. The third-order valence-corrected chi connectivity index (χ3v) is 6.42. The number of hydrogen-bond acceptors (Lipinski definition) is 2. The summed E-state index contributed by atoms with van der Waals surface area (Å²) in [6.07, 6.45) is 3.58. The molecule has 2 nitrogen and oxygen atoms in total. The molecule has 120 valence electrons. The number of carbonyl (C=O) groups is 1. The van der Waals surface area contributed by atoms with Crippen LogP contribution in [0, 0.1) is 11.8 Å². The summed E-state index contributed by atoms with van der Waals surface area (Å²) in [5.41, 5.74) is 0. The van der Waals surface area contributed by atoms with E-state index in [9.17, 15) is 13.6 Å². The minimum atomic E-state index is -2.48. The van der Waals surface area contributed by atoms with Crippen LogP contribution in [-0.4, -0.2) is 21.6 Å². The molecule has 1 unspecified atom stereocenters. The standard InChI is InChI=1S/C16H25F2NOS/c1-11(2)15(3)14(20)19-13(21-15)10-12-6-4-8-16(17,18)9-5-7-12/h11-12H,4-10H2,1-3H3. The minimum absolute atomic E-state index is 0.00571. The predicted molar refractivity (Wildman–Crippen MR) is 84.0 cm³/mol. The topological polar surface area (TPSA) is 29.4 Å². The summed E-state index contributed by atoms with van der Waals surface area (Å²) in [6, 6.07) is 0. The van der Waals surface area contributed by atoms with Gasteiger partial charge in [-0.15, -0.1) is 0 Å². The van der Waals surface area contributed by atoms with E-state index in [0.717, 1.165) is 24.3 Å². The second-order valence-corrected chi connectivity index (χ2v) is 8.41. The number of halogens is 2. The van der Waals surface area contributed by atoms with Crippen molar-refractivity contribution >= 4 is 22.7 Å². The summed E-state index contributed by atoms with van der Waals surface area (Å²) in [7, 11) is 0. The molecular formula is C16H25F2NOS. The number of alkyl halides is 2. The first-order chi connectivity index (χ1) is 9.73. The smallest absolute Gasteiger partial charge is 0.263 e. The molecule has 2 aliphatic rings. The van der Waals surface area contributed by atoms with Gasteiger partial charge >= 0.3 is 0 Å².